The summed E-state index contributed by atoms with van der Waals surface area (Å²) in [6.07, 6.45) is 8.08. The van der Waals surface area contributed by atoms with Gasteiger partial charge in [-0.3, -0.25) is 0 Å². The molecule has 20 heteroatoms. The number of benzene rings is 12. The third kappa shape index (κ3) is 21.1. The Morgan fingerprint density at radius 2 is 0.411 bits per heavy atom. The molecule has 0 amide bonds. The summed E-state index contributed by atoms with van der Waals surface area (Å²) in [5.74, 6) is -5.04. The van der Waals surface area contributed by atoms with Crippen LogP contribution in [0.25, 0.3) is 0 Å². The minimum Gasteiger partial charge on any atom is -0.508 e. The monoisotopic (exact) mass is 1520 g/mol. The number of hydrogen-bond donors (Lipinski definition) is 20. The van der Waals surface area contributed by atoms with Gasteiger partial charge in [0.05, 0.1) is 0 Å². The Kier molecular flexibility index (Phi) is 25.8. The molecular formula is C92H92O20. The van der Waals surface area contributed by atoms with Crippen LogP contribution < -0.4 is 0 Å². The summed E-state index contributed by atoms with van der Waals surface area (Å²) in [7, 11) is 0. The summed E-state index contributed by atoms with van der Waals surface area (Å²) in [5.41, 5.74) is 12.3. The molecule has 580 valence electrons. The van der Waals surface area contributed by atoms with Crippen LogP contribution in [0.2, 0.25) is 0 Å². The van der Waals surface area contributed by atoms with Gasteiger partial charge in [0, 0.05) is 0 Å². The van der Waals surface area contributed by atoms with Gasteiger partial charge in [-0.15, -0.1) is 0 Å². The van der Waals surface area contributed by atoms with Crippen LogP contribution in [0.15, 0.2) is 218 Å². The van der Waals surface area contributed by atoms with Crippen molar-refractivity contribution in [3.63, 3.8) is 0 Å². The summed E-state index contributed by atoms with van der Waals surface area (Å²) in [6.45, 7) is 0. The predicted octanol–water partition coefficient (Wildman–Crippen LogP) is 16.3. The molecule has 4 atom stereocenters. The van der Waals surface area contributed by atoms with E-state index in [1.54, 1.807) is 84.9 Å². The number of phenolic OH excluding ortho intramolecular Hbond substituents is 20. The SMILES string of the molecule is Oc1cccc(CC[C@@H](Cc2ccc(CCc3cc(O)c(O)c(O)c3)c(O)c2)[C@H](Cc2ccc(CCc3cc(O)c(O)c(O)c3)c(O)c2)c2cccc(O)c2)c1.Oc1cccc(CC[C@H](Cc2ccc(CCc3cc(O)c(O)c(O)c3)c(O)c2)[C@@H](Cc2ccc(CCc3cc(O)c(O)c(O)c3)c(O)c2)c2cccc(O)c2)c1. The van der Waals surface area contributed by atoms with Crippen LogP contribution in [0.4, 0.5) is 0 Å². The normalized spacial score (nSPS) is 12.4. The molecule has 12 rings (SSSR count). The molecule has 112 heavy (non-hydrogen) atoms. The van der Waals surface area contributed by atoms with Crippen molar-refractivity contribution in [3.05, 3.63) is 307 Å². The molecule has 20 N–H and O–H groups in total. The molecule has 0 unspecified atom stereocenters. The van der Waals surface area contributed by atoms with E-state index in [2.05, 4.69) is 0 Å². The number of hydrogen-bond acceptors (Lipinski definition) is 20. The first-order valence-electron chi connectivity index (χ1n) is 37.0. The highest BCUT2D eigenvalue weighted by molar-refractivity contribution is 5.55. The highest BCUT2D eigenvalue weighted by Crippen LogP contribution is 2.44. The van der Waals surface area contributed by atoms with Crippen molar-refractivity contribution in [2.24, 2.45) is 11.8 Å². The summed E-state index contributed by atoms with van der Waals surface area (Å²) in [5, 5.41) is 204. The summed E-state index contributed by atoms with van der Waals surface area (Å²) < 4.78 is 0. The lowest BCUT2D eigenvalue weighted by Crippen LogP contribution is -2.19. The van der Waals surface area contributed by atoms with E-state index >= 15 is 0 Å². The van der Waals surface area contributed by atoms with Gasteiger partial charge in [-0.2, -0.15) is 0 Å². The van der Waals surface area contributed by atoms with Crippen molar-refractivity contribution in [1.82, 2.24) is 0 Å². The van der Waals surface area contributed by atoms with Gasteiger partial charge in [0.25, 0.3) is 0 Å². The fraction of sp³-hybridized carbons (Fsp3) is 0.217. The third-order valence-corrected chi connectivity index (χ3v) is 20.9. The number of phenols is 20. The number of aryl methyl sites for hydroxylation is 10. The number of rotatable bonds is 30. The van der Waals surface area contributed by atoms with Gasteiger partial charge in [0.2, 0.25) is 0 Å². The molecule has 0 aromatic heterocycles. The zero-order valence-corrected chi connectivity index (χ0v) is 61.4. The van der Waals surface area contributed by atoms with Crippen LogP contribution in [0.5, 0.6) is 115 Å². The Labute approximate surface area is 647 Å². The van der Waals surface area contributed by atoms with Crippen molar-refractivity contribution in [2.75, 3.05) is 0 Å². The van der Waals surface area contributed by atoms with Crippen molar-refractivity contribution < 1.29 is 102 Å². The molecule has 0 saturated carbocycles. The molecule has 12 aromatic rings. The fourth-order valence-corrected chi connectivity index (χ4v) is 14.9. The fourth-order valence-electron chi connectivity index (χ4n) is 14.9. The largest absolute Gasteiger partial charge is 0.508 e. The number of aromatic hydroxyl groups is 20. The van der Waals surface area contributed by atoms with Crippen LogP contribution in [0.1, 0.15) is 114 Å². The lowest BCUT2D eigenvalue weighted by atomic mass is 9.75. The Morgan fingerprint density at radius 1 is 0.179 bits per heavy atom. The highest BCUT2D eigenvalue weighted by atomic mass is 16.3. The van der Waals surface area contributed by atoms with E-state index in [9.17, 15) is 102 Å². The molecule has 0 saturated heterocycles. The van der Waals surface area contributed by atoms with Gasteiger partial charge in [-0.05, 0) is 337 Å². The van der Waals surface area contributed by atoms with E-state index < -0.39 is 69.0 Å². The first kappa shape index (κ1) is 79.7. The maximum atomic E-state index is 11.2. The maximum absolute atomic E-state index is 11.2. The Balaban J connectivity index is 0.000000221. The second-order valence-corrected chi connectivity index (χ2v) is 28.9. The van der Waals surface area contributed by atoms with Crippen molar-refractivity contribution in [3.8, 4) is 115 Å². The van der Waals surface area contributed by atoms with E-state index in [4.69, 9.17) is 0 Å². The lowest BCUT2D eigenvalue weighted by Gasteiger charge is -2.29. The van der Waals surface area contributed by atoms with Crippen LogP contribution in [-0.2, 0) is 89.9 Å². The predicted molar refractivity (Wildman–Crippen MR) is 424 cm³/mol. The van der Waals surface area contributed by atoms with Crippen LogP contribution in [-0.4, -0.2) is 102 Å². The highest BCUT2D eigenvalue weighted by Gasteiger charge is 2.29. The summed E-state index contributed by atoms with van der Waals surface area (Å²) in [4.78, 5) is 0. The smallest absolute Gasteiger partial charge is 0.200 e. The van der Waals surface area contributed by atoms with E-state index in [0.29, 0.717) is 147 Å². The molecule has 0 fully saturated rings. The first-order valence-corrected chi connectivity index (χ1v) is 37.0. The molecule has 0 aliphatic heterocycles. The molecule has 0 radical (unpaired) electrons. The zero-order chi connectivity index (χ0) is 79.9. The van der Waals surface area contributed by atoms with Gasteiger partial charge in [0.15, 0.2) is 69.0 Å². The zero-order valence-electron chi connectivity index (χ0n) is 61.4. The summed E-state index contributed by atoms with van der Waals surface area (Å²) in [6, 6.07) is 61.8. The van der Waals surface area contributed by atoms with Crippen molar-refractivity contribution >= 4 is 0 Å². The van der Waals surface area contributed by atoms with Crippen LogP contribution >= 0.6 is 0 Å². The standard InChI is InChI=1S/2C46H46O10/c2*47-36-5-1-3-27(18-36)7-16-35(17-28-8-12-32(39(49)20-28)14-10-30-22-41(51)45(55)42(52)23-30)38(34-4-2-6-37(48)26-34)19-29-9-13-33(40(50)21-29)15-11-31-24-43(53)46(56)44(54)25-31/h2*1-6,8-9,12-13,18,20-26,35,38,47-56H,7,10-11,14-17,19H2/t2*35-,38+/m10/s1. The van der Waals surface area contributed by atoms with Crippen molar-refractivity contribution in [2.45, 2.75) is 115 Å². The van der Waals surface area contributed by atoms with Crippen LogP contribution in [0.3, 0.4) is 0 Å². The Hall–Kier alpha value is -13.4. The molecule has 0 heterocycles. The molecule has 0 spiro atoms. The second kappa shape index (κ2) is 36.2. The molecular weight excluding hydrogens is 1420 g/mol. The van der Waals surface area contributed by atoms with E-state index in [1.165, 1.54) is 48.5 Å². The topological polar surface area (TPSA) is 405 Å². The van der Waals surface area contributed by atoms with Crippen molar-refractivity contribution in [1.29, 1.82) is 0 Å². The Morgan fingerprint density at radius 3 is 0.652 bits per heavy atom. The van der Waals surface area contributed by atoms with E-state index in [1.807, 2.05) is 84.9 Å². The average Bonchev–Trinajstić information content (AvgIpc) is 0.820. The van der Waals surface area contributed by atoms with E-state index in [-0.39, 0.29) is 69.7 Å². The van der Waals surface area contributed by atoms with Gasteiger partial charge in [-0.1, -0.05) is 97.1 Å². The molecule has 12 aromatic carbocycles. The lowest BCUT2D eigenvalue weighted by molar-refractivity contribution is 0.367. The van der Waals surface area contributed by atoms with Gasteiger partial charge in [0.1, 0.15) is 46.0 Å². The van der Waals surface area contributed by atoms with Crippen LogP contribution in [0, 0.1) is 11.8 Å². The van der Waals surface area contributed by atoms with Gasteiger partial charge in [-0.25, -0.2) is 0 Å². The molecule has 20 nitrogen and oxygen atoms in total. The minimum atomic E-state index is -0.580. The summed E-state index contributed by atoms with van der Waals surface area (Å²) >= 11 is 0. The molecule has 0 aliphatic rings. The van der Waals surface area contributed by atoms with E-state index in [0.717, 1.165) is 44.5 Å². The first-order chi connectivity index (χ1) is 53.6. The second-order valence-electron chi connectivity index (χ2n) is 28.9. The quantitative estimate of drug-likeness (QED) is 0.0186. The average molecular weight is 1520 g/mol. The maximum Gasteiger partial charge on any atom is 0.200 e. The third-order valence-electron chi connectivity index (χ3n) is 20.9. The minimum absolute atomic E-state index is 0.0379. The molecule has 0 aliphatic carbocycles. The van der Waals surface area contributed by atoms with Gasteiger partial charge >= 0.3 is 0 Å². The Bertz CT molecular complexity index is 4870. The van der Waals surface area contributed by atoms with Gasteiger partial charge < -0.3 is 102 Å². The molecule has 0 bridgehead atoms.